The third-order valence-electron chi connectivity index (χ3n) is 8.21. The van der Waals surface area contributed by atoms with Crippen LogP contribution in [0.5, 0.6) is 11.5 Å². The molecule has 0 amide bonds. The van der Waals surface area contributed by atoms with Crippen LogP contribution in [0.15, 0.2) is 12.1 Å². The van der Waals surface area contributed by atoms with Crippen molar-refractivity contribution >= 4 is 22.6 Å². The van der Waals surface area contributed by atoms with E-state index in [1.807, 2.05) is 12.1 Å². The fourth-order valence-corrected chi connectivity index (χ4v) is 6.05. The van der Waals surface area contributed by atoms with Gasteiger partial charge in [-0.1, -0.05) is 0 Å². The molecule has 2 aromatic rings. The lowest BCUT2D eigenvalue weighted by Gasteiger charge is -2.34. The highest BCUT2D eigenvalue weighted by Gasteiger charge is 2.43. The largest absolute Gasteiger partial charge is 0.493 e. The molecule has 5 rings (SSSR count). The van der Waals surface area contributed by atoms with Crippen molar-refractivity contribution in [3.8, 4) is 11.5 Å². The van der Waals surface area contributed by atoms with Gasteiger partial charge in [-0.05, 0) is 90.7 Å². The first kappa shape index (κ1) is 28.7. The number of likely N-dealkylation sites (tertiary alicyclic amines) is 2. The van der Waals surface area contributed by atoms with Gasteiger partial charge in [-0.25, -0.2) is 4.79 Å². The second-order valence-corrected chi connectivity index (χ2v) is 11.1. The Kier molecular flexibility index (Phi) is 8.89. The van der Waals surface area contributed by atoms with Gasteiger partial charge in [0.05, 0.1) is 30.6 Å². The van der Waals surface area contributed by atoms with Gasteiger partial charge in [-0.3, -0.25) is 4.98 Å². The minimum Gasteiger partial charge on any atom is -0.493 e. The van der Waals surface area contributed by atoms with Crippen LogP contribution in [0.3, 0.4) is 0 Å². The smallest absolute Gasteiger partial charge is 0.490 e. The number of piperidine rings is 1. The van der Waals surface area contributed by atoms with Gasteiger partial charge >= 0.3 is 12.1 Å². The van der Waals surface area contributed by atoms with E-state index in [9.17, 15) is 18.0 Å². The molecule has 3 heterocycles. The molecular weight excluding hydrogens is 525 g/mol. The fraction of sp³-hybridized carbons (Fsp3) is 0.655. The Morgan fingerprint density at radius 1 is 1.07 bits per heavy atom. The van der Waals surface area contributed by atoms with Gasteiger partial charge in [0, 0.05) is 29.6 Å². The molecule has 1 N–H and O–H groups in total. The van der Waals surface area contributed by atoms with E-state index in [0.717, 1.165) is 52.0 Å². The van der Waals surface area contributed by atoms with Crippen molar-refractivity contribution in [3.63, 3.8) is 0 Å². The second-order valence-electron chi connectivity index (χ2n) is 11.1. The molecule has 1 aliphatic carbocycles. The predicted molar refractivity (Wildman–Crippen MR) is 146 cm³/mol. The van der Waals surface area contributed by atoms with Crippen molar-refractivity contribution in [1.82, 2.24) is 14.8 Å². The number of aromatic nitrogens is 1. The molecule has 11 heteroatoms. The monoisotopic (exact) mass is 564 g/mol. The first-order chi connectivity index (χ1) is 19.2. The third kappa shape index (κ3) is 6.57. The molecule has 0 radical (unpaired) electrons. The summed E-state index contributed by atoms with van der Waals surface area (Å²) in [7, 11) is 3.64. The Labute approximate surface area is 233 Å². The summed E-state index contributed by atoms with van der Waals surface area (Å²) in [5, 5.41) is 4.34. The number of carbonyl (C=O) groups excluding carboxylic acids is 1. The molecule has 1 unspecified atom stereocenters. The summed E-state index contributed by atoms with van der Waals surface area (Å²) in [5.41, 5.74) is 2.54. The molecule has 0 spiro atoms. The molecule has 2 saturated heterocycles. The van der Waals surface area contributed by atoms with Crippen molar-refractivity contribution in [2.75, 3.05) is 58.8 Å². The van der Waals surface area contributed by atoms with Crippen LogP contribution in [0.4, 0.5) is 18.9 Å². The highest BCUT2D eigenvalue weighted by molar-refractivity contribution is 5.96. The maximum Gasteiger partial charge on any atom is 0.490 e. The molecule has 220 valence electrons. The summed E-state index contributed by atoms with van der Waals surface area (Å²) < 4.78 is 56.4. The highest BCUT2D eigenvalue weighted by atomic mass is 19.4. The van der Waals surface area contributed by atoms with E-state index >= 15 is 0 Å². The van der Waals surface area contributed by atoms with E-state index in [2.05, 4.69) is 22.2 Å². The first-order valence-corrected chi connectivity index (χ1v) is 14.4. The summed E-state index contributed by atoms with van der Waals surface area (Å²) in [4.78, 5) is 21.4. The fourth-order valence-electron chi connectivity index (χ4n) is 6.05. The Morgan fingerprint density at radius 2 is 1.82 bits per heavy atom. The van der Waals surface area contributed by atoms with Crippen LogP contribution in [0.1, 0.15) is 62.3 Å². The first-order valence-electron chi connectivity index (χ1n) is 14.4. The predicted octanol–water partition coefficient (Wildman–Crippen LogP) is 5.10. The van der Waals surface area contributed by atoms with E-state index < -0.39 is 18.2 Å². The summed E-state index contributed by atoms with van der Waals surface area (Å²) in [6, 6.07) is 3.82. The van der Waals surface area contributed by atoms with E-state index in [1.165, 1.54) is 12.8 Å². The minimum atomic E-state index is -5.06. The number of ether oxygens (including phenoxy) is 3. The number of anilines is 1. The number of pyridine rings is 1. The van der Waals surface area contributed by atoms with Gasteiger partial charge in [-0.2, -0.15) is 13.2 Å². The number of carbonyl (C=O) groups is 1. The number of fused-ring (bicyclic) bond motifs is 2. The molecule has 2 aliphatic heterocycles. The van der Waals surface area contributed by atoms with Crippen molar-refractivity contribution in [3.05, 3.63) is 23.4 Å². The van der Waals surface area contributed by atoms with Gasteiger partial charge in [0.25, 0.3) is 0 Å². The molecule has 3 aliphatic rings. The number of halogens is 3. The number of nitrogens with zero attached hydrogens (tertiary/aromatic N) is 3. The van der Waals surface area contributed by atoms with Gasteiger partial charge < -0.3 is 29.3 Å². The van der Waals surface area contributed by atoms with E-state index in [1.54, 1.807) is 7.11 Å². The zero-order chi connectivity index (χ0) is 28.3. The van der Waals surface area contributed by atoms with Crippen LogP contribution < -0.4 is 14.8 Å². The number of hydrogen-bond donors (Lipinski definition) is 1. The van der Waals surface area contributed by atoms with Crippen molar-refractivity contribution < 1.29 is 32.2 Å². The lowest BCUT2D eigenvalue weighted by atomic mass is 9.89. The maximum atomic E-state index is 13.2. The zero-order valence-corrected chi connectivity index (χ0v) is 23.3. The average Bonchev–Trinajstić information content (AvgIpc) is 3.45. The third-order valence-corrected chi connectivity index (χ3v) is 8.21. The normalized spacial score (nSPS) is 20.9. The number of esters is 1. The highest BCUT2D eigenvalue weighted by Crippen LogP contribution is 2.44. The molecule has 1 aromatic heterocycles. The molecule has 0 bridgehead atoms. The topological polar surface area (TPSA) is 76.2 Å². The molecule has 8 nitrogen and oxygen atoms in total. The number of aryl methyl sites for hydroxylation is 1. The average molecular weight is 565 g/mol. The summed E-state index contributed by atoms with van der Waals surface area (Å²) in [6.45, 7) is 5.63. The molecule has 1 atom stereocenters. The maximum absolute atomic E-state index is 13.2. The van der Waals surface area contributed by atoms with Crippen LogP contribution in [0.2, 0.25) is 0 Å². The molecule has 40 heavy (non-hydrogen) atoms. The standard InChI is InChI=1S/C29H39F3N4O4/c1-35-14-9-19(10-15-35)33-27-20-17-24(38-2)25(39-16-6-13-36-11-3-4-12-36)18-22(20)34-21-7-5-8-23(26(21)27)40-28(37)29(30,31)32/h17-19,23H,3-16H2,1-2H3,(H,33,34). The van der Waals surface area contributed by atoms with E-state index in [4.69, 9.17) is 19.2 Å². The van der Waals surface area contributed by atoms with Gasteiger partial charge in [0.1, 0.15) is 6.10 Å². The second kappa shape index (κ2) is 12.4. The number of rotatable bonds is 9. The lowest BCUT2D eigenvalue weighted by Crippen LogP contribution is -2.37. The molecule has 2 fully saturated rings. The molecule has 0 saturated carbocycles. The Morgan fingerprint density at radius 3 is 2.52 bits per heavy atom. The van der Waals surface area contributed by atoms with E-state index in [0.29, 0.717) is 65.2 Å². The summed E-state index contributed by atoms with van der Waals surface area (Å²) >= 11 is 0. The number of benzene rings is 1. The van der Waals surface area contributed by atoms with E-state index in [-0.39, 0.29) is 6.04 Å². The van der Waals surface area contributed by atoms with Crippen molar-refractivity contribution in [1.29, 1.82) is 0 Å². The SMILES string of the molecule is COc1cc2c(NC3CCN(C)CC3)c3c(nc2cc1OCCCN1CCCC1)CCCC3OC(=O)C(F)(F)F. The lowest BCUT2D eigenvalue weighted by molar-refractivity contribution is -0.205. The zero-order valence-electron chi connectivity index (χ0n) is 23.3. The van der Waals surface area contributed by atoms with Crippen LogP contribution in [-0.2, 0) is 16.0 Å². The van der Waals surface area contributed by atoms with Gasteiger partial charge in [-0.15, -0.1) is 0 Å². The van der Waals surface area contributed by atoms with Crippen LogP contribution >= 0.6 is 0 Å². The number of hydrogen-bond acceptors (Lipinski definition) is 8. The van der Waals surface area contributed by atoms with Crippen molar-refractivity contribution in [2.45, 2.75) is 69.7 Å². The quantitative estimate of drug-likeness (QED) is 0.333. The van der Waals surface area contributed by atoms with Crippen LogP contribution in [0.25, 0.3) is 10.9 Å². The minimum absolute atomic E-state index is 0.124. The Bertz CT molecular complexity index is 1190. The summed E-state index contributed by atoms with van der Waals surface area (Å²) in [6.07, 6.45) is 0.543. The number of nitrogens with one attached hydrogen (secondary N) is 1. The molecule has 1 aromatic carbocycles. The molecular formula is C29H39F3N4O4. The Balaban J connectivity index is 1.48. The number of methoxy groups -OCH3 is 1. The van der Waals surface area contributed by atoms with Crippen LogP contribution in [-0.4, -0.2) is 86.5 Å². The Hall–Kier alpha value is -2.79. The summed E-state index contributed by atoms with van der Waals surface area (Å²) in [5.74, 6) is -1.06. The number of alkyl halides is 3. The van der Waals surface area contributed by atoms with Crippen LogP contribution in [0, 0.1) is 0 Å². The van der Waals surface area contributed by atoms with Gasteiger partial charge in [0.2, 0.25) is 0 Å². The van der Waals surface area contributed by atoms with Crippen molar-refractivity contribution in [2.24, 2.45) is 0 Å². The van der Waals surface area contributed by atoms with Gasteiger partial charge in [0.15, 0.2) is 11.5 Å².